The molecule has 0 saturated carbocycles. The van der Waals surface area contributed by atoms with Gasteiger partial charge < -0.3 is 4.90 Å². The first-order valence-electron chi connectivity index (χ1n) is 4.44. The zero-order chi connectivity index (χ0) is 8.55. The molecule has 1 aromatic heterocycles. The summed E-state index contributed by atoms with van der Waals surface area (Å²) < 4.78 is 1.99. The van der Waals surface area contributed by atoms with E-state index in [1.54, 1.807) is 0 Å². The Bertz CT molecular complexity index is 266. The average molecular weight is 165 g/mol. The van der Waals surface area contributed by atoms with E-state index in [0.29, 0.717) is 5.92 Å². The van der Waals surface area contributed by atoms with Crippen molar-refractivity contribution >= 4 is 0 Å². The van der Waals surface area contributed by atoms with Crippen LogP contribution < -0.4 is 0 Å². The molecule has 1 saturated heterocycles. The van der Waals surface area contributed by atoms with Crippen LogP contribution in [-0.4, -0.2) is 34.8 Å². The molecule has 3 heteroatoms. The molecule has 0 bridgehead atoms. The first-order chi connectivity index (χ1) is 5.77. The van der Waals surface area contributed by atoms with E-state index in [1.807, 2.05) is 17.9 Å². The third-order valence-corrected chi connectivity index (χ3v) is 2.67. The van der Waals surface area contributed by atoms with E-state index in [1.165, 1.54) is 25.2 Å². The first kappa shape index (κ1) is 7.80. The predicted molar refractivity (Wildman–Crippen MR) is 48.1 cm³/mol. The molecule has 0 amide bonds. The van der Waals surface area contributed by atoms with Crippen LogP contribution in [0.15, 0.2) is 12.3 Å². The van der Waals surface area contributed by atoms with Crippen molar-refractivity contribution < 1.29 is 0 Å². The number of likely N-dealkylation sites (N-methyl/N-ethyl adjacent to an activating group) is 1. The van der Waals surface area contributed by atoms with Crippen molar-refractivity contribution in [3.63, 3.8) is 0 Å². The minimum absolute atomic E-state index is 0.697. The number of likely N-dealkylation sites (tertiary alicyclic amines) is 1. The van der Waals surface area contributed by atoms with E-state index in [9.17, 15) is 0 Å². The molecule has 1 aromatic rings. The third kappa shape index (κ3) is 1.25. The molecular formula is C9H15N3. The normalized spacial score (nSPS) is 25.0. The lowest BCUT2D eigenvalue weighted by Gasteiger charge is -2.10. The molecule has 66 valence electrons. The number of rotatable bonds is 1. The van der Waals surface area contributed by atoms with Gasteiger partial charge in [-0.2, -0.15) is 5.10 Å². The summed E-state index contributed by atoms with van der Waals surface area (Å²) in [7, 11) is 4.20. The summed E-state index contributed by atoms with van der Waals surface area (Å²) in [5, 5.41) is 4.18. The van der Waals surface area contributed by atoms with E-state index < -0.39 is 0 Å². The van der Waals surface area contributed by atoms with Crippen molar-refractivity contribution in [2.75, 3.05) is 20.1 Å². The van der Waals surface area contributed by atoms with Crippen molar-refractivity contribution in [1.82, 2.24) is 14.7 Å². The van der Waals surface area contributed by atoms with Crippen molar-refractivity contribution in [2.24, 2.45) is 7.05 Å². The lowest BCUT2D eigenvalue weighted by Crippen LogP contribution is -2.14. The maximum atomic E-state index is 4.18. The molecule has 1 aliphatic heterocycles. The van der Waals surface area contributed by atoms with Gasteiger partial charge in [-0.25, -0.2) is 0 Å². The molecule has 2 rings (SSSR count). The second-order valence-corrected chi connectivity index (χ2v) is 3.63. The smallest absolute Gasteiger partial charge is 0.0492 e. The molecule has 2 heterocycles. The Morgan fingerprint density at radius 1 is 1.50 bits per heavy atom. The Kier molecular flexibility index (Phi) is 1.89. The highest BCUT2D eigenvalue weighted by molar-refractivity contribution is 5.10. The van der Waals surface area contributed by atoms with Gasteiger partial charge in [0.1, 0.15) is 0 Å². The highest BCUT2D eigenvalue weighted by Crippen LogP contribution is 2.24. The molecular weight excluding hydrogens is 150 g/mol. The largest absolute Gasteiger partial charge is 0.306 e. The Balaban J connectivity index is 2.16. The van der Waals surface area contributed by atoms with Crippen LogP contribution in [0.2, 0.25) is 0 Å². The Hall–Kier alpha value is -0.830. The molecule has 1 atom stereocenters. The fourth-order valence-electron chi connectivity index (χ4n) is 1.96. The van der Waals surface area contributed by atoms with Gasteiger partial charge in [-0.1, -0.05) is 0 Å². The quantitative estimate of drug-likeness (QED) is 0.615. The molecule has 0 aliphatic carbocycles. The van der Waals surface area contributed by atoms with Crippen LogP contribution in [0.3, 0.4) is 0 Å². The van der Waals surface area contributed by atoms with Crippen LogP contribution in [0.1, 0.15) is 18.0 Å². The Labute approximate surface area is 73.0 Å². The van der Waals surface area contributed by atoms with Crippen molar-refractivity contribution in [2.45, 2.75) is 12.3 Å². The number of nitrogens with zero attached hydrogens (tertiary/aromatic N) is 3. The maximum Gasteiger partial charge on any atom is 0.0492 e. The summed E-state index contributed by atoms with van der Waals surface area (Å²) in [5.41, 5.74) is 1.37. The summed E-state index contributed by atoms with van der Waals surface area (Å²) in [6.07, 6.45) is 3.16. The Morgan fingerprint density at radius 2 is 2.33 bits per heavy atom. The standard InChI is InChI=1S/C9H15N3/c1-11-6-4-8(7-11)9-3-5-10-12(9)2/h3,5,8H,4,6-7H2,1-2H3. The maximum absolute atomic E-state index is 4.18. The number of hydrogen-bond donors (Lipinski definition) is 0. The molecule has 1 unspecified atom stereocenters. The summed E-state index contributed by atoms with van der Waals surface area (Å²) >= 11 is 0. The second-order valence-electron chi connectivity index (χ2n) is 3.63. The zero-order valence-electron chi connectivity index (χ0n) is 7.70. The highest BCUT2D eigenvalue weighted by Gasteiger charge is 2.22. The minimum atomic E-state index is 0.697. The van der Waals surface area contributed by atoms with Crippen molar-refractivity contribution in [3.05, 3.63) is 18.0 Å². The summed E-state index contributed by atoms with van der Waals surface area (Å²) in [5.74, 6) is 0.697. The predicted octanol–water partition coefficient (Wildman–Crippen LogP) is 0.839. The molecule has 0 radical (unpaired) electrons. The van der Waals surface area contributed by atoms with Crippen LogP contribution in [0.4, 0.5) is 0 Å². The van der Waals surface area contributed by atoms with Gasteiger partial charge in [0.2, 0.25) is 0 Å². The average Bonchev–Trinajstić information content (AvgIpc) is 2.58. The monoisotopic (exact) mass is 165 g/mol. The molecule has 0 spiro atoms. The summed E-state index contributed by atoms with van der Waals surface area (Å²) in [4.78, 5) is 2.37. The van der Waals surface area contributed by atoms with E-state index in [0.717, 1.165) is 0 Å². The van der Waals surface area contributed by atoms with Crippen molar-refractivity contribution in [3.8, 4) is 0 Å². The lowest BCUT2D eigenvalue weighted by molar-refractivity contribution is 0.409. The van der Waals surface area contributed by atoms with Gasteiger partial charge in [-0.3, -0.25) is 4.68 Å². The van der Waals surface area contributed by atoms with Gasteiger partial charge in [-0.05, 0) is 26.1 Å². The summed E-state index contributed by atoms with van der Waals surface area (Å²) in [6.45, 7) is 2.40. The summed E-state index contributed by atoms with van der Waals surface area (Å²) in [6, 6.07) is 2.13. The number of hydrogen-bond acceptors (Lipinski definition) is 2. The van der Waals surface area contributed by atoms with E-state index in [4.69, 9.17) is 0 Å². The second kappa shape index (κ2) is 2.90. The van der Waals surface area contributed by atoms with Crippen LogP contribution >= 0.6 is 0 Å². The van der Waals surface area contributed by atoms with Gasteiger partial charge in [0.05, 0.1) is 0 Å². The SMILES string of the molecule is CN1CCC(c2ccnn2C)C1. The first-order valence-corrected chi connectivity index (χ1v) is 4.44. The topological polar surface area (TPSA) is 21.1 Å². The highest BCUT2D eigenvalue weighted by atomic mass is 15.3. The van der Waals surface area contributed by atoms with Crippen LogP contribution in [0.25, 0.3) is 0 Å². The van der Waals surface area contributed by atoms with Crippen molar-refractivity contribution in [1.29, 1.82) is 0 Å². The van der Waals surface area contributed by atoms with Gasteiger partial charge in [-0.15, -0.1) is 0 Å². The van der Waals surface area contributed by atoms with Gasteiger partial charge in [0.15, 0.2) is 0 Å². The number of aryl methyl sites for hydroxylation is 1. The van der Waals surface area contributed by atoms with Gasteiger partial charge >= 0.3 is 0 Å². The van der Waals surface area contributed by atoms with Gasteiger partial charge in [0.25, 0.3) is 0 Å². The lowest BCUT2D eigenvalue weighted by atomic mass is 10.1. The molecule has 0 N–H and O–H groups in total. The van der Waals surface area contributed by atoms with Gasteiger partial charge in [0, 0.05) is 31.4 Å². The molecule has 1 aliphatic rings. The third-order valence-electron chi connectivity index (χ3n) is 2.67. The molecule has 0 aromatic carbocycles. The van der Waals surface area contributed by atoms with E-state index in [-0.39, 0.29) is 0 Å². The van der Waals surface area contributed by atoms with Crippen LogP contribution in [0.5, 0.6) is 0 Å². The van der Waals surface area contributed by atoms with Crippen LogP contribution in [-0.2, 0) is 7.05 Å². The zero-order valence-corrected chi connectivity index (χ0v) is 7.70. The molecule has 1 fully saturated rings. The van der Waals surface area contributed by atoms with Crippen LogP contribution in [0, 0.1) is 0 Å². The fraction of sp³-hybridized carbons (Fsp3) is 0.667. The fourth-order valence-corrected chi connectivity index (χ4v) is 1.96. The molecule has 12 heavy (non-hydrogen) atoms. The van der Waals surface area contributed by atoms with E-state index in [2.05, 4.69) is 23.1 Å². The minimum Gasteiger partial charge on any atom is -0.306 e. The van der Waals surface area contributed by atoms with E-state index >= 15 is 0 Å². The number of aromatic nitrogens is 2. The Morgan fingerprint density at radius 3 is 2.83 bits per heavy atom. The molecule has 3 nitrogen and oxygen atoms in total.